The first-order valence-electron chi connectivity index (χ1n) is 7.49. The van der Waals surface area contributed by atoms with Crippen LogP contribution in [0.3, 0.4) is 0 Å². The minimum absolute atomic E-state index is 0.00429. The first kappa shape index (κ1) is 14.6. The van der Waals surface area contributed by atoms with Crippen LogP contribution in [0.15, 0.2) is 18.2 Å². The molecule has 1 saturated carbocycles. The number of aliphatic carboxylic acids is 1. The second kappa shape index (κ2) is 5.79. The maximum Gasteiger partial charge on any atom is 0.306 e. The van der Waals surface area contributed by atoms with Gasteiger partial charge >= 0.3 is 5.97 Å². The van der Waals surface area contributed by atoms with E-state index < -0.39 is 5.97 Å². The van der Waals surface area contributed by atoms with Crippen LogP contribution in [0.5, 0.6) is 0 Å². The Hall–Kier alpha value is -2.37. The van der Waals surface area contributed by atoms with Gasteiger partial charge in [-0.2, -0.15) is 0 Å². The van der Waals surface area contributed by atoms with Crippen molar-refractivity contribution in [2.24, 2.45) is 5.92 Å². The molecule has 1 aromatic carbocycles. The fourth-order valence-electron chi connectivity index (χ4n) is 3.13. The maximum atomic E-state index is 12.3. The summed E-state index contributed by atoms with van der Waals surface area (Å²) in [7, 11) is 0. The van der Waals surface area contributed by atoms with E-state index in [9.17, 15) is 14.4 Å². The fraction of sp³-hybridized carbons (Fsp3) is 0.438. The number of nitrogens with one attached hydrogen (secondary N) is 2. The van der Waals surface area contributed by atoms with Crippen LogP contribution in [-0.4, -0.2) is 28.9 Å². The molecule has 0 aromatic heterocycles. The van der Waals surface area contributed by atoms with E-state index in [4.69, 9.17) is 5.11 Å². The molecule has 3 N–H and O–H groups in total. The Bertz CT molecular complexity index is 641. The Kier molecular flexibility index (Phi) is 3.83. The number of carbonyl (C=O) groups is 3. The highest BCUT2D eigenvalue weighted by Gasteiger charge is 2.30. The lowest BCUT2D eigenvalue weighted by Gasteiger charge is -2.18. The van der Waals surface area contributed by atoms with Crippen molar-refractivity contribution in [3.63, 3.8) is 0 Å². The van der Waals surface area contributed by atoms with Crippen molar-refractivity contribution in [2.45, 2.75) is 38.1 Å². The van der Waals surface area contributed by atoms with Gasteiger partial charge in [0.15, 0.2) is 0 Å². The van der Waals surface area contributed by atoms with E-state index in [1.807, 2.05) is 0 Å². The summed E-state index contributed by atoms with van der Waals surface area (Å²) in [6, 6.07) is 5.15. The SMILES string of the molecule is O=C1CCc2cc(C(=O)N[C@H]3CC[C@@H](C(=O)O)C3)ccc2N1. The van der Waals surface area contributed by atoms with Gasteiger partial charge in [-0.1, -0.05) is 0 Å². The number of benzene rings is 1. The zero-order chi connectivity index (χ0) is 15.7. The largest absolute Gasteiger partial charge is 0.481 e. The van der Waals surface area contributed by atoms with E-state index in [0.717, 1.165) is 11.3 Å². The molecule has 2 aliphatic rings. The number of carboxylic acid groups (broad SMARTS) is 1. The molecule has 0 unspecified atom stereocenters. The van der Waals surface area contributed by atoms with Gasteiger partial charge < -0.3 is 15.7 Å². The van der Waals surface area contributed by atoms with Crippen LogP contribution >= 0.6 is 0 Å². The highest BCUT2D eigenvalue weighted by Crippen LogP contribution is 2.27. The Morgan fingerprint density at radius 1 is 1.23 bits per heavy atom. The van der Waals surface area contributed by atoms with Crippen molar-refractivity contribution < 1.29 is 19.5 Å². The van der Waals surface area contributed by atoms with E-state index in [1.54, 1.807) is 18.2 Å². The minimum atomic E-state index is -0.790. The van der Waals surface area contributed by atoms with Crippen LogP contribution in [0.25, 0.3) is 0 Å². The Balaban J connectivity index is 1.66. The van der Waals surface area contributed by atoms with Crippen molar-refractivity contribution in [3.05, 3.63) is 29.3 Å². The van der Waals surface area contributed by atoms with Crippen molar-refractivity contribution in [1.82, 2.24) is 5.32 Å². The van der Waals surface area contributed by atoms with Crippen molar-refractivity contribution >= 4 is 23.5 Å². The van der Waals surface area contributed by atoms with Crippen LogP contribution in [0.1, 0.15) is 41.6 Å². The summed E-state index contributed by atoms with van der Waals surface area (Å²) in [6.45, 7) is 0. The third-order valence-corrected chi connectivity index (χ3v) is 4.38. The molecule has 6 nitrogen and oxygen atoms in total. The number of carboxylic acids is 1. The second-order valence-electron chi connectivity index (χ2n) is 5.94. The average Bonchev–Trinajstić information content (AvgIpc) is 2.95. The number of hydrogen-bond acceptors (Lipinski definition) is 3. The monoisotopic (exact) mass is 302 g/mol. The summed E-state index contributed by atoms with van der Waals surface area (Å²) in [5.41, 5.74) is 2.27. The van der Waals surface area contributed by atoms with Gasteiger partial charge in [0, 0.05) is 23.7 Å². The molecular formula is C16H18N2O4. The van der Waals surface area contributed by atoms with Gasteiger partial charge in [0.25, 0.3) is 5.91 Å². The van der Waals surface area contributed by atoms with Crippen LogP contribution in [0, 0.1) is 5.92 Å². The Labute approximate surface area is 127 Å². The molecule has 1 aromatic rings. The first-order valence-corrected chi connectivity index (χ1v) is 7.49. The molecule has 0 bridgehead atoms. The number of aryl methyl sites for hydroxylation is 1. The lowest BCUT2D eigenvalue weighted by molar-refractivity contribution is -0.141. The minimum Gasteiger partial charge on any atom is -0.481 e. The zero-order valence-corrected chi connectivity index (χ0v) is 12.1. The standard InChI is InChI=1S/C16H18N2O4/c19-14-6-3-9-7-10(2-5-13(9)18-14)15(20)17-12-4-1-11(8-12)16(21)22/h2,5,7,11-12H,1,3-4,6,8H2,(H,17,20)(H,18,19)(H,21,22)/t11-,12+/m1/s1. The number of carbonyl (C=O) groups excluding carboxylic acids is 2. The van der Waals surface area contributed by atoms with Gasteiger partial charge in [-0.15, -0.1) is 0 Å². The first-order chi connectivity index (χ1) is 10.5. The molecule has 0 spiro atoms. The van der Waals surface area contributed by atoms with Crippen molar-refractivity contribution in [3.8, 4) is 0 Å². The fourth-order valence-corrected chi connectivity index (χ4v) is 3.13. The number of hydrogen-bond donors (Lipinski definition) is 3. The van der Waals surface area contributed by atoms with Gasteiger partial charge in [0.05, 0.1) is 5.92 Å². The molecule has 1 heterocycles. The van der Waals surface area contributed by atoms with Crippen LogP contribution in [-0.2, 0) is 16.0 Å². The third-order valence-electron chi connectivity index (χ3n) is 4.38. The highest BCUT2D eigenvalue weighted by atomic mass is 16.4. The molecule has 0 radical (unpaired) electrons. The summed E-state index contributed by atoms with van der Waals surface area (Å²) in [6.07, 6.45) is 2.86. The summed E-state index contributed by atoms with van der Waals surface area (Å²) in [5.74, 6) is -1.34. The molecule has 2 atom stereocenters. The summed E-state index contributed by atoms with van der Waals surface area (Å²) in [5, 5.41) is 14.7. The number of fused-ring (bicyclic) bond motifs is 1. The van der Waals surface area contributed by atoms with Gasteiger partial charge in [0.1, 0.15) is 0 Å². The Morgan fingerprint density at radius 2 is 2.05 bits per heavy atom. The maximum absolute atomic E-state index is 12.3. The normalized spacial score (nSPS) is 23.5. The molecule has 2 amide bonds. The molecule has 0 saturated heterocycles. The van der Waals surface area contributed by atoms with Crippen LogP contribution < -0.4 is 10.6 Å². The molecule has 1 aliphatic heterocycles. The molecule has 3 rings (SSSR count). The topological polar surface area (TPSA) is 95.5 Å². The second-order valence-corrected chi connectivity index (χ2v) is 5.94. The average molecular weight is 302 g/mol. The van der Waals surface area contributed by atoms with E-state index in [1.165, 1.54) is 0 Å². The number of rotatable bonds is 3. The molecule has 1 fully saturated rings. The smallest absolute Gasteiger partial charge is 0.306 e. The molecular weight excluding hydrogens is 284 g/mol. The molecule has 22 heavy (non-hydrogen) atoms. The van der Waals surface area contributed by atoms with Crippen LogP contribution in [0.4, 0.5) is 5.69 Å². The predicted octanol–water partition coefficient (Wildman–Crippen LogP) is 1.55. The molecule has 6 heteroatoms. The summed E-state index contributed by atoms with van der Waals surface area (Å²) >= 11 is 0. The summed E-state index contributed by atoms with van der Waals surface area (Å²) in [4.78, 5) is 34.5. The summed E-state index contributed by atoms with van der Waals surface area (Å²) < 4.78 is 0. The quantitative estimate of drug-likeness (QED) is 0.789. The zero-order valence-electron chi connectivity index (χ0n) is 12.1. The highest BCUT2D eigenvalue weighted by molar-refractivity contribution is 5.98. The lowest BCUT2D eigenvalue weighted by atomic mass is 10.00. The van der Waals surface area contributed by atoms with Gasteiger partial charge in [0.2, 0.25) is 5.91 Å². The third kappa shape index (κ3) is 2.95. The van der Waals surface area contributed by atoms with Gasteiger partial charge in [-0.05, 0) is 49.4 Å². The van der Waals surface area contributed by atoms with Gasteiger partial charge in [-0.25, -0.2) is 0 Å². The van der Waals surface area contributed by atoms with Crippen molar-refractivity contribution in [1.29, 1.82) is 0 Å². The van der Waals surface area contributed by atoms with Crippen molar-refractivity contribution in [2.75, 3.05) is 5.32 Å². The van der Waals surface area contributed by atoms with E-state index >= 15 is 0 Å². The van der Waals surface area contributed by atoms with E-state index in [-0.39, 0.29) is 23.8 Å². The molecule has 116 valence electrons. The number of anilines is 1. The van der Waals surface area contributed by atoms with E-state index in [2.05, 4.69) is 10.6 Å². The van der Waals surface area contributed by atoms with Gasteiger partial charge in [-0.3, -0.25) is 14.4 Å². The Morgan fingerprint density at radius 3 is 2.77 bits per heavy atom. The predicted molar refractivity (Wildman–Crippen MR) is 79.6 cm³/mol. The van der Waals surface area contributed by atoms with E-state index in [0.29, 0.717) is 37.7 Å². The molecule has 1 aliphatic carbocycles. The lowest BCUT2D eigenvalue weighted by Crippen LogP contribution is -2.33. The van der Waals surface area contributed by atoms with Crippen LogP contribution in [0.2, 0.25) is 0 Å². The number of amides is 2.